The average molecular weight is 361 g/mol. The Labute approximate surface area is 151 Å². The number of primary amides is 1. The van der Waals surface area contributed by atoms with E-state index in [0.717, 1.165) is 24.4 Å². The van der Waals surface area contributed by atoms with Crippen LogP contribution in [0.1, 0.15) is 34.7 Å². The zero-order valence-electron chi connectivity index (χ0n) is 14.0. The molecule has 25 heavy (non-hydrogen) atoms. The molecule has 4 N–H and O–H groups in total. The Hall–Kier alpha value is -2.47. The number of guanidine groups is 1. The van der Waals surface area contributed by atoms with Gasteiger partial charge in [0.15, 0.2) is 11.7 Å². The summed E-state index contributed by atoms with van der Waals surface area (Å²) in [4.78, 5) is 15.3. The molecule has 3 rings (SSSR count). The van der Waals surface area contributed by atoms with Crippen LogP contribution in [0.15, 0.2) is 45.8 Å². The molecular weight excluding hydrogens is 340 g/mol. The molecule has 0 saturated heterocycles. The van der Waals surface area contributed by atoms with Gasteiger partial charge in [-0.1, -0.05) is 23.7 Å². The summed E-state index contributed by atoms with van der Waals surface area (Å²) in [5.41, 5.74) is 6.55. The first-order valence-corrected chi connectivity index (χ1v) is 8.49. The van der Waals surface area contributed by atoms with E-state index in [2.05, 4.69) is 21.7 Å². The first-order valence-electron chi connectivity index (χ1n) is 8.11. The van der Waals surface area contributed by atoms with Crippen LogP contribution in [0.25, 0.3) is 0 Å². The van der Waals surface area contributed by atoms with E-state index in [0.29, 0.717) is 18.3 Å². The molecule has 1 amide bonds. The molecule has 1 aliphatic rings. The average Bonchev–Trinajstić information content (AvgIpc) is 3.24. The fourth-order valence-corrected chi connectivity index (χ4v) is 2.98. The summed E-state index contributed by atoms with van der Waals surface area (Å²) in [7, 11) is 1.71. The SMILES string of the molecule is CN=C(NCc1ccc(C(N)=O)o1)NCC1(c2cccc(Cl)c2)CC1. The van der Waals surface area contributed by atoms with Crippen LogP contribution in [-0.2, 0) is 12.0 Å². The van der Waals surface area contributed by atoms with Crippen molar-refractivity contribution >= 4 is 23.5 Å². The van der Waals surface area contributed by atoms with Crippen molar-refractivity contribution in [2.45, 2.75) is 24.8 Å². The number of hydrogen-bond donors (Lipinski definition) is 3. The van der Waals surface area contributed by atoms with E-state index in [-0.39, 0.29) is 11.2 Å². The summed E-state index contributed by atoms with van der Waals surface area (Å²) in [6.45, 7) is 1.19. The molecule has 7 heteroatoms. The molecule has 0 radical (unpaired) electrons. The van der Waals surface area contributed by atoms with Gasteiger partial charge in [-0.25, -0.2) is 0 Å². The normalized spacial score (nSPS) is 15.7. The number of halogens is 1. The van der Waals surface area contributed by atoms with Gasteiger partial charge in [-0.15, -0.1) is 0 Å². The smallest absolute Gasteiger partial charge is 0.284 e. The second-order valence-corrected chi connectivity index (χ2v) is 6.64. The summed E-state index contributed by atoms with van der Waals surface area (Å²) in [5.74, 6) is 0.863. The van der Waals surface area contributed by atoms with Crippen molar-refractivity contribution in [1.82, 2.24) is 10.6 Å². The molecule has 1 aromatic heterocycles. The molecule has 0 spiro atoms. The zero-order chi connectivity index (χ0) is 17.9. The third-order valence-electron chi connectivity index (χ3n) is 4.44. The summed E-state index contributed by atoms with van der Waals surface area (Å²) >= 11 is 6.11. The van der Waals surface area contributed by atoms with Crippen molar-refractivity contribution in [2.24, 2.45) is 10.7 Å². The lowest BCUT2D eigenvalue weighted by atomic mass is 9.96. The van der Waals surface area contributed by atoms with Crippen molar-refractivity contribution in [3.63, 3.8) is 0 Å². The Morgan fingerprint density at radius 3 is 2.72 bits per heavy atom. The molecule has 1 aromatic carbocycles. The highest BCUT2D eigenvalue weighted by Crippen LogP contribution is 2.48. The molecular formula is C18H21ClN4O2. The molecule has 0 unspecified atom stereocenters. The topological polar surface area (TPSA) is 92.6 Å². The van der Waals surface area contributed by atoms with Crippen LogP contribution >= 0.6 is 11.6 Å². The van der Waals surface area contributed by atoms with E-state index >= 15 is 0 Å². The minimum Gasteiger partial charge on any atom is -0.454 e. The lowest BCUT2D eigenvalue weighted by molar-refractivity contribution is 0.0972. The predicted molar refractivity (Wildman–Crippen MR) is 97.8 cm³/mol. The van der Waals surface area contributed by atoms with E-state index < -0.39 is 5.91 Å². The highest BCUT2D eigenvalue weighted by Gasteiger charge is 2.44. The Balaban J connectivity index is 1.55. The van der Waals surface area contributed by atoms with Crippen molar-refractivity contribution < 1.29 is 9.21 Å². The summed E-state index contributed by atoms with van der Waals surface area (Å²) in [6, 6.07) is 11.3. The van der Waals surface area contributed by atoms with E-state index in [1.165, 1.54) is 5.56 Å². The number of rotatable bonds is 6. The van der Waals surface area contributed by atoms with Crippen molar-refractivity contribution in [3.8, 4) is 0 Å². The van der Waals surface area contributed by atoms with E-state index in [1.807, 2.05) is 18.2 Å². The first kappa shape index (κ1) is 17.4. The number of nitrogens with two attached hydrogens (primary N) is 1. The number of hydrogen-bond acceptors (Lipinski definition) is 3. The highest BCUT2D eigenvalue weighted by atomic mass is 35.5. The number of carbonyl (C=O) groups excluding carboxylic acids is 1. The molecule has 0 bridgehead atoms. The van der Waals surface area contributed by atoms with Gasteiger partial charge < -0.3 is 20.8 Å². The molecule has 1 saturated carbocycles. The maximum Gasteiger partial charge on any atom is 0.284 e. The van der Waals surface area contributed by atoms with Crippen LogP contribution in [0, 0.1) is 0 Å². The Kier molecular flexibility index (Phi) is 4.99. The Morgan fingerprint density at radius 1 is 1.32 bits per heavy atom. The molecule has 1 fully saturated rings. The number of aliphatic imine (C=N–C) groups is 1. The minimum atomic E-state index is -0.578. The van der Waals surface area contributed by atoms with E-state index in [4.69, 9.17) is 21.8 Å². The zero-order valence-corrected chi connectivity index (χ0v) is 14.8. The molecule has 0 aliphatic heterocycles. The van der Waals surface area contributed by atoms with Crippen LogP contribution in [-0.4, -0.2) is 25.5 Å². The van der Waals surface area contributed by atoms with Crippen LogP contribution in [0.2, 0.25) is 5.02 Å². The van der Waals surface area contributed by atoms with Gasteiger partial charge in [-0.2, -0.15) is 0 Å². The van der Waals surface area contributed by atoms with Gasteiger partial charge in [-0.05, 0) is 42.7 Å². The molecule has 0 atom stereocenters. The predicted octanol–water partition coefficient (Wildman–Crippen LogP) is 2.43. The van der Waals surface area contributed by atoms with E-state index in [1.54, 1.807) is 19.2 Å². The van der Waals surface area contributed by atoms with Gasteiger partial charge in [0.25, 0.3) is 5.91 Å². The maximum absolute atomic E-state index is 11.0. The minimum absolute atomic E-state index is 0.117. The standard InChI is InChI=1S/C18H21ClN4O2/c1-21-17(22-10-14-5-6-15(25-14)16(20)24)23-11-18(7-8-18)12-3-2-4-13(19)9-12/h2-6,9H,7-8,10-11H2,1H3,(H2,20,24)(H2,21,22,23). The Bertz CT molecular complexity index is 796. The lowest BCUT2D eigenvalue weighted by Crippen LogP contribution is -2.40. The first-order chi connectivity index (χ1) is 12.0. The van der Waals surface area contributed by atoms with Crippen molar-refractivity contribution in [3.05, 3.63) is 58.5 Å². The fourth-order valence-electron chi connectivity index (χ4n) is 2.79. The van der Waals surface area contributed by atoms with Gasteiger partial charge in [-0.3, -0.25) is 9.79 Å². The highest BCUT2D eigenvalue weighted by molar-refractivity contribution is 6.30. The quantitative estimate of drug-likeness (QED) is 0.545. The fraction of sp³-hybridized carbons (Fsp3) is 0.333. The van der Waals surface area contributed by atoms with Gasteiger partial charge in [0.2, 0.25) is 0 Å². The number of amides is 1. The van der Waals surface area contributed by atoms with Crippen molar-refractivity contribution in [1.29, 1.82) is 0 Å². The van der Waals surface area contributed by atoms with Gasteiger partial charge >= 0.3 is 0 Å². The summed E-state index contributed by atoms with van der Waals surface area (Å²) < 4.78 is 5.35. The molecule has 1 heterocycles. The third kappa shape index (κ3) is 4.14. The molecule has 6 nitrogen and oxygen atoms in total. The number of furan rings is 1. The number of benzene rings is 1. The monoisotopic (exact) mass is 360 g/mol. The van der Waals surface area contributed by atoms with Crippen LogP contribution < -0.4 is 16.4 Å². The van der Waals surface area contributed by atoms with Crippen molar-refractivity contribution in [2.75, 3.05) is 13.6 Å². The number of nitrogens with one attached hydrogen (secondary N) is 2. The Morgan fingerprint density at radius 2 is 2.12 bits per heavy atom. The summed E-state index contributed by atoms with van der Waals surface area (Å²) in [6.07, 6.45) is 2.25. The third-order valence-corrected chi connectivity index (χ3v) is 4.68. The van der Waals surface area contributed by atoms with Gasteiger partial charge in [0.1, 0.15) is 5.76 Å². The van der Waals surface area contributed by atoms with Crippen LogP contribution in [0.3, 0.4) is 0 Å². The molecule has 2 aromatic rings. The second kappa shape index (κ2) is 7.19. The second-order valence-electron chi connectivity index (χ2n) is 6.20. The largest absolute Gasteiger partial charge is 0.454 e. The maximum atomic E-state index is 11.0. The molecule has 1 aliphatic carbocycles. The number of nitrogens with zero attached hydrogens (tertiary/aromatic N) is 1. The number of carbonyl (C=O) groups is 1. The lowest BCUT2D eigenvalue weighted by Gasteiger charge is -2.19. The van der Waals surface area contributed by atoms with E-state index in [9.17, 15) is 4.79 Å². The van der Waals surface area contributed by atoms with Gasteiger partial charge in [0.05, 0.1) is 6.54 Å². The van der Waals surface area contributed by atoms with Crippen LogP contribution in [0.5, 0.6) is 0 Å². The van der Waals surface area contributed by atoms with Gasteiger partial charge in [0, 0.05) is 24.0 Å². The van der Waals surface area contributed by atoms with Crippen LogP contribution in [0.4, 0.5) is 0 Å². The summed E-state index contributed by atoms with van der Waals surface area (Å²) in [5, 5.41) is 7.28. The molecule has 132 valence electrons.